The molecule has 2 fully saturated rings. The van der Waals surface area contributed by atoms with Gasteiger partial charge in [-0.15, -0.1) is 0 Å². The first-order valence-corrected chi connectivity index (χ1v) is 7.46. The van der Waals surface area contributed by atoms with Crippen molar-refractivity contribution < 1.29 is 14.7 Å². The van der Waals surface area contributed by atoms with E-state index < -0.39 is 5.97 Å². The number of rotatable bonds is 5. The number of carboxylic acids is 1. The highest BCUT2D eigenvalue weighted by atomic mass is 35.5. The van der Waals surface area contributed by atoms with Gasteiger partial charge >= 0.3 is 12.0 Å². The van der Waals surface area contributed by atoms with Crippen molar-refractivity contribution in [3.05, 3.63) is 28.8 Å². The molecule has 0 bridgehead atoms. The molecule has 0 radical (unpaired) electrons. The summed E-state index contributed by atoms with van der Waals surface area (Å²) >= 11 is 5.97. The van der Waals surface area contributed by atoms with E-state index in [9.17, 15) is 9.59 Å². The summed E-state index contributed by atoms with van der Waals surface area (Å²) in [6.45, 7) is 0.680. The lowest BCUT2D eigenvalue weighted by molar-refractivity contribution is 0.0697. The minimum absolute atomic E-state index is 0.0892. The van der Waals surface area contributed by atoms with Crippen LogP contribution in [0.25, 0.3) is 0 Å². The van der Waals surface area contributed by atoms with Crippen molar-refractivity contribution in [1.82, 2.24) is 5.32 Å². The third-order valence-corrected chi connectivity index (χ3v) is 4.73. The molecule has 6 heteroatoms. The van der Waals surface area contributed by atoms with Gasteiger partial charge in [0.05, 0.1) is 16.3 Å². The Bertz CT molecular complexity index is 595. The molecule has 0 spiro atoms. The number of carboxylic acid groups (broad SMARTS) is 1. The molecule has 2 amide bonds. The highest BCUT2D eigenvalue weighted by molar-refractivity contribution is 6.33. The molecule has 1 aromatic carbocycles. The quantitative estimate of drug-likeness (QED) is 0.780. The Labute approximate surface area is 127 Å². The van der Waals surface area contributed by atoms with Crippen LogP contribution in [0, 0.1) is 11.3 Å². The van der Waals surface area contributed by atoms with Crippen LogP contribution < -0.4 is 10.6 Å². The van der Waals surface area contributed by atoms with Gasteiger partial charge in [-0.1, -0.05) is 11.6 Å². The van der Waals surface area contributed by atoms with Gasteiger partial charge in [0.25, 0.3) is 0 Å². The van der Waals surface area contributed by atoms with E-state index in [2.05, 4.69) is 10.6 Å². The molecule has 0 atom stereocenters. The normalized spacial score (nSPS) is 18.9. The third-order valence-electron chi connectivity index (χ3n) is 4.40. The molecule has 21 heavy (non-hydrogen) atoms. The molecular formula is C15H17ClN2O3. The van der Waals surface area contributed by atoms with Gasteiger partial charge in [0.15, 0.2) is 0 Å². The van der Waals surface area contributed by atoms with Crippen LogP contribution in [0.5, 0.6) is 0 Å². The van der Waals surface area contributed by atoms with Gasteiger partial charge in [0.2, 0.25) is 0 Å². The molecular weight excluding hydrogens is 292 g/mol. The lowest BCUT2D eigenvalue weighted by Crippen LogP contribution is -2.34. The maximum Gasteiger partial charge on any atom is 0.335 e. The van der Waals surface area contributed by atoms with Crippen LogP contribution in [0.1, 0.15) is 36.0 Å². The van der Waals surface area contributed by atoms with Gasteiger partial charge in [-0.2, -0.15) is 0 Å². The number of halogens is 1. The summed E-state index contributed by atoms with van der Waals surface area (Å²) < 4.78 is 0. The molecule has 2 saturated carbocycles. The third kappa shape index (κ3) is 3.13. The Morgan fingerprint density at radius 3 is 2.62 bits per heavy atom. The molecule has 3 N–H and O–H groups in total. The average Bonchev–Trinajstić information content (AvgIpc) is 3.31. The van der Waals surface area contributed by atoms with Crippen LogP contribution in [-0.4, -0.2) is 23.7 Å². The van der Waals surface area contributed by atoms with E-state index >= 15 is 0 Å². The standard InChI is InChI=1S/C15H17ClN2O3/c16-11-4-1-9(13(19)20)7-12(11)18-14(21)17-8-15(5-6-15)10-2-3-10/h1,4,7,10H,2-3,5-6,8H2,(H,19,20)(H2,17,18,21). The summed E-state index contributed by atoms with van der Waals surface area (Å²) in [5.41, 5.74) is 0.723. The number of aromatic carboxylic acids is 1. The van der Waals surface area contributed by atoms with Gasteiger partial charge in [-0.25, -0.2) is 9.59 Å². The predicted octanol–water partition coefficient (Wildman–Crippen LogP) is 3.35. The number of anilines is 1. The number of urea groups is 1. The maximum absolute atomic E-state index is 11.9. The smallest absolute Gasteiger partial charge is 0.335 e. The Hall–Kier alpha value is -1.75. The Kier molecular flexibility index (Phi) is 3.53. The Morgan fingerprint density at radius 1 is 1.33 bits per heavy atom. The number of amides is 2. The number of hydrogen-bond acceptors (Lipinski definition) is 2. The zero-order chi connectivity index (χ0) is 15.0. The summed E-state index contributed by atoms with van der Waals surface area (Å²) in [5, 5.41) is 14.8. The zero-order valence-corrected chi connectivity index (χ0v) is 12.2. The van der Waals surface area contributed by atoms with E-state index in [1.54, 1.807) is 0 Å². The predicted molar refractivity (Wildman–Crippen MR) is 79.8 cm³/mol. The summed E-state index contributed by atoms with van der Waals surface area (Å²) in [5.74, 6) is -0.280. The van der Waals surface area contributed by atoms with E-state index in [0.29, 0.717) is 22.7 Å². The van der Waals surface area contributed by atoms with Crippen molar-refractivity contribution >= 4 is 29.3 Å². The molecule has 0 aromatic heterocycles. The lowest BCUT2D eigenvalue weighted by atomic mass is 10.0. The molecule has 1 aromatic rings. The van der Waals surface area contributed by atoms with Gasteiger partial charge < -0.3 is 15.7 Å². The van der Waals surface area contributed by atoms with E-state index in [0.717, 1.165) is 5.92 Å². The lowest BCUT2D eigenvalue weighted by Gasteiger charge is -2.16. The van der Waals surface area contributed by atoms with Crippen molar-refractivity contribution in [2.24, 2.45) is 11.3 Å². The van der Waals surface area contributed by atoms with Gasteiger partial charge in [0.1, 0.15) is 0 Å². The molecule has 5 nitrogen and oxygen atoms in total. The first-order valence-electron chi connectivity index (χ1n) is 7.08. The first-order chi connectivity index (χ1) is 10.00. The van der Waals surface area contributed by atoms with Crippen LogP contribution in [0.2, 0.25) is 5.02 Å². The van der Waals surface area contributed by atoms with Crippen molar-refractivity contribution in [3.63, 3.8) is 0 Å². The van der Waals surface area contributed by atoms with Crippen LogP contribution >= 0.6 is 11.6 Å². The van der Waals surface area contributed by atoms with Crippen molar-refractivity contribution in [2.75, 3.05) is 11.9 Å². The fourth-order valence-corrected chi connectivity index (χ4v) is 2.93. The summed E-state index contributed by atoms with van der Waals surface area (Å²) in [4.78, 5) is 22.9. The topological polar surface area (TPSA) is 78.4 Å². The van der Waals surface area contributed by atoms with Crippen molar-refractivity contribution in [2.45, 2.75) is 25.7 Å². The maximum atomic E-state index is 11.9. The van der Waals surface area contributed by atoms with Crippen LogP contribution in [0.15, 0.2) is 18.2 Å². The summed E-state index contributed by atoms with van der Waals surface area (Å²) in [6.07, 6.45) is 4.92. The number of carbonyl (C=O) groups excluding carboxylic acids is 1. The van der Waals surface area contributed by atoms with E-state index in [4.69, 9.17) is 16.7 Å². The second kappa shape index (κ2) is 5.22. The summed E-state index contributed by atoms with van der Waals surface area (Å²) in [7, 11) is 0. The van der Waals surface area contributed by atoms with E-state index in [-0.39, 0.29) is 11.6 Å². The number of carbonyl (C=O) groups is 2. The van der Waals surface area contributed by atoms with Crippen molar-refractivity contribution in [1.29, 1.82) is 0 Å². The average molecular weight is 309 g/mol. The number of nitrogens with one attached hydrogen (secondary N) is 2. The van der Waals surface area contributed by atoms with E-state index in [1.807, 2.05) is 0 Å². The van der Waals surface area contributed by atoms with E-state index in [1.165, 1.54) is 43.9 Å². The molecule has 0 saturated heterocycles. The van der Waals surface area contributed by atoms with Gasteiger partial charge in [-0.3, -0.25) is 0 Å². The molecule has 112 valence electrons. The highest BCUT2D eigenvalue weighted by Crippen LogP contribution is 2.60. The minimum Gasteiger partial charge on any atom is -0.478 e. The molecule has 0 unspecified atom stereocenters. The Morgan fingerprint density at radius 2 is 2.05 bits per heavy atom. The number of hydrogen-bond donors (Lipinski definition) is 3. The van der Waals surface area contributed by atoms with Crippen LogP contribution in [-0.2, 0) is 0 Å². The second-order valence-electron chi connectivity index (χ2n) is 5.94. The largest absolute Gasteiger partial charge is 0.478 e. The second-order valence-corrected chi connectivity index (χ2v) is 6.35. The Balaban J connectivity index is 1.59. The fraction of sp³-hybridized carbons (Fsp3) is 0.467. The summed E-state index contributed by atoms with van der Waals surface area (Å²) in [6, 6.07) is 3.89. The number of benzene rings is 1. The first kappa shape index (κ1) is 14.2. The van der Waals surface area contributed by atoms with Crippen LogP contribution in [0.4, 0.5) is 10.5 Å². The van der Waals surface area contributed by atoms with Crippen LogP contribution in [0.3, 0.4) is 0 Å². The van der Waals surface area contributed by atoms with Gasteiger partial charge in [-0.05, 0) is 55.2 Å². The molecule has 3 rings (SSSR count). The molecule has 0 aliphatic heterocycles. The highest BCUT2D eigenvalue weighted by Gasteiger charge is 2.53. The van der Waals surface area contributed by atoms with Crippen molar-refractivity contribution in [3.8, 4) is 0 Å². The van der Waals surface area contributed by atoms with Gasteiger partial charge in [0, 0.05) is 6.54 Å². The minimum atomic E-state index is -1.05. The molecule has 2 aliphatic rings. The monoisotopic (exact) mass is 308 g/mol. The molecule has 0 heterocycles. The molecule has 2 aliphatic carbocycles. The SMILES string of the molecule is O=C(NCC1(C2CC2)CC1)Nc1cc(C(=O)O)ccc1Cl. The fourth-order valence-electron chi connectivity index (χ4n) is 2.76. The zero-order valence-electron chi connectivity index (χ0n) is 11.5.